The highest BCUT2D eigenvalue weighted by Gasteiger charge is 2.42. The smallest absolute Gasteiger partial charge is 0.409 e. The fraction of sp³-hybridized carbons (Fsp3) is 0.619. The zero-order chi connectivity index (χ0) is 19.1. The number of guanidine groups is 1. The summed E-state index contributed by atoms with van der Waals surface area (Å²) < 4.78 is 5.08. The van der Waals surface area contributed by atoms with E-state index < -0.39 is 0 Å². The number of ether oxygens (including phenoxy) is 1. The Balaban J connectivity index is 1.42. The van der Waals surface area contributed by atoms with Crippen LogP contribution in [0.1, 0.15) is 38.2 Å². The van der Waals surface area contributed by atoms with E-state index >= 15 is 0 Å². The van der Waals surface area contributed by atoms with Crippen LogP contribution in [0, 0.1) is 5.41 Å². The quantitative estimate of drug-likeness (QED) is 0.595. The molecule has 3 rings (SSSR count). The van der Waals surface area contributed by atoms with Crippen LogP contribution in [0.2, 0.25) is 0 Å². The van der Waals surface area contributed by atoms with Crippen LogP contribution < -0.4 is 10.6 Å². The van der Waals surface area contributed by atoms with Gasteiger partial charge in [0.25, 0.3) is 0 Å². The largest absolute Gasteiger partial charge is 0.450 e. The van der Waals surface area contributed by atoms with Crippen LogP contribution in [0.3, 0.4) is 0 Å². The van der Waals surface area contributed by atoms with E-state index in [0.29, 0.717) is 18.1 Å². The minimum absolute atomic E-state index is 0.199. The number of benzene rings is 1. The summed E-state index contributed by atoms with van der Waals surface area (Å²) >= 11 is 0. The highest BCUT2D eigenvalue weighted by molar-refractivity contribution is 5.80. The summed E-state index contributed by atoms with van der Waals surface area (Å²) in [5, 5.41) is 7.05. The summed E-state index contributed by atoms with van der Waals surface area (Å²) in [5.41, 5.74) is 1.78. The number of hydrogen-bond acceptors (Lipinski definition) is 3. The number of nitrogens with one attached hydrogen (secondary N) is 2. The molecule has 2 aliphatic rings. The third kappa shape index (κ3) is 5.62. The number of rotatable bonds is 6. The average molecular weight is 373 g/mol. The summed E-state index contributed by atoms with van der Waals surface area (Å²) in [4.78, 5) is 18.0. The third-order valence-corrected chi connectivity index (χ3v) is 5.60. The molecule has 2 N–H and O–H groups in total. The Labute approximate surface area is 162 Å². The first-order chi connectivity index (χ1) is 13.1. The van der Waals surface area contributed by atoms with E-state index in [4.69, 9.17) is 4.74 Å². The zero-order valence-electron chi connectivity index (χ0n) is 16.5. The van der Waals surface area contributed by atoms with Gasteiger partial charge in [0.15, 0.2) is 5.96 Å². The molecule has 6 heteroatoms. The lowest BCUT2D eigenvalue weighted by atomic mass is 9.96. The van der Waals surface area contributed by atoms with Crippen LogP contribution in [0.5, 0.6) is 0 Å². The molecular weight excluding hydrogens is 340 g/mol. The van der Waals surface area contributed by atoms with E-state index in [0.717, 1.165) is 44.9 Å². The van der Waals surface area contributed by atoms with Crippen LogP contribution in [-0.4, -0.2) is 56.3 Å². The van der Waals surface area contributed by atoms with E-state index in [1.165, 1.54) is 18.4 Å². The molecule has 1 aliphatic heterocycles. The number of aliphatic imine (C=N–C) groups is 1. The topological polar surface area (TPSA) is 66.0 Å². The number of likely N-dealkylation sites (tertiary alicyclic amines) is 1. The van der Waals surface area contributed by atoms with Crippen molar-refractivity contribution in [1.29, 1.82) is 0 Å². The summed E-state index contributed by atoms with van der Waals surface area (Å²) in [6, 6.07) is 11.1. The molecule has 2 fully saturated rings. The highest BCUT2D eigenvalue weighted by atomic mass is 16.6. The molecule has 0 unspecified atom stereocenters. The molecule has 0 bridgehead atoms. The first-order valence-electron chi connectivity index (χ1n) is 10.1. The van der Waals surface area contributed by atoms with Gasteiger partial charge in [0.05, 0.1) is 6.61 Å². The predicted molar refractivity (Wildman–Crippen MR) is 108 cm³/mol. The molecule has 1 heterocycles. The van der Waals surface area contributed by atoms with Crippen LogP contribution >= 0.6 is 0 Å². The third-order valence-electron chi connectivity index (χ3n) is 5.60. The van der Waals surface area contributed by atoms with E-state index in [1.807, 2.05) is 14.0 Å². The van der Waals surface area contributed by atoms with Gasteiger partial charge in [-0.15, -0.1) is 0 Å². The van der Waals surface area contributed by atoms with Gasteiger partial charge in [-0.25, -0.2) is 4.79 Å². The summed E-state index contributed by atoms with van der Waals surface area (Å²) in [7, 11) is 1.82. The van der Waals surface area contributed by atoms with Gasteiger partial charge in [0, 0.05) is 32.7 Å². The van der Waals surface area contributed by atoms with Crippen molar-refractivity contribution < 1.29 is 9.53 Å². The monoisotopic (exact) mass is 372 g/mol. The molecule has 1 amide bonds. The Morgan fingerprint density at radius 1 is 1.26 bits per heavy atom. The Bertz CT molecular complexity index is 635. The van der Waals surface area contributed by atoms with E-state index in [9.17, 15) is 4.79 Å². The molecular formula is C21H32N4O2. The van der Waals surface area contributed by atoms with E-state index in [-0.39, 0.29) is 6.09 Å². The molecule has 1 aliphatic carbocycles. The molecule has 0 spiro atoms. The number of amides is 1. The minimum Gasteiger partial charge on any atom is -0.450 e. The van der Waals surface area contributed by atoms with Gasteiger partial charge < -0.3 is 20.3 Å². The van der Waals surface area contributed by atoms with Gasteiger partial charge >= 0.3 is 6.09 Å². The van der Waals surface area contributed by atoms with Crippen molar-refractivity contribution in [3.63, 3.8) is 0 Å². The molecule has 0 aromatic heterocycles. The lowest BCUT2D eigenvalue weighted by Gasteiger charge is -2.32. The van der Waals surface area contributed by atoms with Crippen molar-refractivity contribution in [2.24, 2.45) is 10.4 Å². The van der Waals surface area contributed by atoms with Crippen molar-refractivity contribution in [2.75, 3.05) is 33.3 Å². The molecule has 6 nitrogen and oxygen atoms in total. The second-order valence-electron chi connectivity index (χ2n) is 7.69. The number of hydrogen-bond donors (Lipinski definition) is 2. The maximum Gasteiger partial charge on any atom is 0.409 e. The molecule has 1 saturated carbocycles. The predicted octanol–water partition coefficient (Wildman–Crippen LogP) is 2.80. The molecule has 0 radical (unpaired) electrons. The van der Waals surface area contributed by atoms with Crippen LogP contribution in [0.4, 0.5) is 4.79 Å². The Hall–Kier alpha value is -2.24. The van der Waals surface area contributed by atoms with Gasteiger partial charge in [-0.2, -0.15) is 0 Å². The first-order valence-corrected chi connectivity index (χ1v) is 10.1. The Kier molecular flexibility index (Phi) is 6.58. The van der Waals surface area contributed by atoms with Crippen LogP contribution in [0.25, 0.3) is 0 Å². The molecule has 1 saturated heterocycles. The van der Waals surface area contributed by atoms with Crippen LogP contribution in [-0.2, 0) is 11.2 Å². The first kappa shape index (κ1) is 19.5. The second kappa shape index (κ2) is 9.11. The minimum atomic E-state index is -0.199. The number of carbonyl (C=O) groups is 1. The van der Waals surface area contributed by atoms with Gasteiger partial charge in [-0.3, -0.25) is 4.99 Å². The van der Waals surface area contributed by atoms with Gasteiger partial charge in [0.1, 0.15) is 0 Å². The van der Waals surface area contributed by atoms with Crippen molar-refractivity contribution in [2.45, 2.75) is 45.1 Å². The highest BCUT2D eigenvalue weighted by Crippen LogP contribution is 2.47. The fourth-order valence-corrected chi connectivity index (χ4v) is 3.70. The molecule has 27 heavy (non-hydrogen) atoms. The summed E-state index contributed by atoms with van der Waals surface area (Å²) in [6.07, 6.45) is 5.28. The molecule has 1 aromatic carbocycles. The van der Waals surface area contributed by atoms with Crippen molar-refractivity contribution in [3.8, 4) is 0 Å². The number of nitrogens with zero attached hydrogens (tertiary/aromatic N) is 2. The van der Waals surface area contributed by atoms with E-state index in [2.05, 4.69) is 46.0 Å². The van der Waals surface area contributed by atoms with Crippen LogP contribution in [0.15, 0.2) is 35.3 Å². The normalized spacial score (nSPS) is 19.5. The SMILES string of the molecule is CCOC(=O)N1CCC(NC(=NC)NCC2(Cc3ccccc3)CC2)CC1. The summed E-state index contributed by atoms with van der Waals surface area (Å²) in [6.45, 7) is 4.67. The lowest BCUT2D eigenvalue weighted by Crippen LogP contribution is -2.50. The molecule has 0 atom stereocenters. The Morgan fingerprint density at radius 3 is 2.56 bits per heavy atom. The molecule has 148 valence electrons. The van der Waals surface area contributed by atoms with Crippen molar-refractivity contribution >= 4 is 12.1 Å². The van der Waals surface area contributed by atoms with Crippen molar-refractivity contribution in [3.05, 3.63) is 35.9 Å². The number of carbonyl (C=O) groups excluding carboxylic acids is 1. The Morgan fingerprint density at radius 2 is 1.96 bits per heavy atom. The van der Waals surface area contributed by atoms with Gasteiger partial charge in [-0.05, 0) is 50.0 Å². The average Bonchev–Trinajstić information content (AvgIpc) is 3.46. The molecule has 1 aromatic rings. The zero-order valence-corrected chi connectivity index (χ0v) is 16.5. The second-order valence-corrected chi connectivity index (χ2v) is 7.69. The maximum absolute atomic E-state index is 11.8. The maximum atomic E-state index is 11.8. The fourth-order valence-electron chi connectivity index (χ4n) is 3.70. The summed E-state index contributed by atoms with van der Waals surface area (Å²) in [5.74, 6) is 0.865. The lowest BCUT2D eigenvalue weighted by molar-refractivity contribution is 0.0963. The van der Waals surface area contributed by atoms with Gasteiger partial charge in [-0.1, -0.05) is 30.3 Å². The standard InChI is InChI=1S/C21H32N4O2/c1-3-27-20(26)25-13-9-18(10-14-25)24-19(22-2)23-16-21(11-12-21)15-17-7-5-4-6-8-17/h4-8,18H,3,9-16H2,1-2H3,(H2,22,23,24). The van der Waals surface area contributed by atoms with Gasteiger partial charge in [0.2, 0.25) is 0 Å². The number of piperidine rings is 1. The van der Waals surface area contributed by atoms with E-state index in [1.54, 1.807) is 4.90 Å². The van der Waals surface area contributed by atoms with Crippen molar-refractivity contribution in [1.82, 2.24) is 15.5 Å².